The third-order valence-corrected chi connectivity index (χ3v) is 22.3. The van der Waals surface area contributed by atoms with Crippen molar-refractivity contribution in [2.45, 2.75) is 98.5 Å². The molecule has 5 heteroatoms. The molecular weight excluding hydrogens is 555 g/mol. The van der Waals surface area contributed by atoms with Gasteiger partial charge in [-0.25, -0.2) is 0 Å². The fourth-order valence-electron chi connectivity index (χ4n) is 4.65. The number of hydrogen-bond donors (Lipinski definition) is 0. The van der Waals surface area contributed by atoms with Crippen LogP contribution in [0.5, 0.6) is 5.75 Å². The number of halogens is 1. The van der Waals surface area contributed by atoms with Gasteiger partial charge < -0.3 is 17.0 Å². The largest absolute Gasteiger partial charge is 1.00 e. The number of hydrogen-bond acceptors (Lipinski definition) is 1. The van der Waals surface area contributed by atoms with Crippen molar-refractivity contribution in [1.82, 2.24) is 4.57 Å². The minimum Gasteiger partial charge on any atom is -1.00 e. The maximum atomic E-state index is 5.43. The molecule has 0 saturated carbocycles. The average molecular weight is 600 g/mol. The van der Waals surface area contributed by atoms with Gasteiger partial charge in [0.25, 0.3) is 0 Å². The van der Waals surface area contributed by atoms with Gasteiger partial charge >= 0.3 is 190 Å². The van der Waals surface area contributed by atoms with Crippen LogP contribution in [0.2, 0.25) is 13.3 Å². The molecule has 0 aliphatic rings. The molecule has 176 valence electrons. The SMILES string of the molecule is CCC[CH2][Sn]([CH2]CCC)([CH2]CCCCC[n+]1ccn(CC)c1)[c]1ccc(OC)cc1.[Br-]. The molecule has 0 radical (unpaired) electrons. The normalized spacial score (nSPS) is 11.4. The summed E-state index contributed by atoms with van der Waals surface area (Å²) in [6.45, 7) is 9.12. The first-order valence-corrected chi connectivity index (χ1v) is 19.8. The van der Waals surface area contributed by atoms with E-state index >= 15 is 0 Å². The number of imidazole rings is 1. The van der Waals surface area contributed by atoms with E-state index in [1.165, 1.54) is 64.7 Å². The van der Waals surface area contributed by atoms with Crippen LogP contribution >= 0.6 is 0 Å². The molecule has 2 rings (SSSR count). The van der Waals surface area contributed by atoms with Crippen molar-refractivity contribution in [3.8, 4) is 5.75 Å². The fraction of sp³-hybridized carbons (Fsp3) is 0.654. The van der Waals surface area contributed by atoms with Crippen LogP contribution in [0.1, 0.15) is 72.1 Å². The Hall–Kier alpha value is -0.491. The fourth-order valence-corrected chi connectivity index (χ4v) is 20.3. The van der Waals surface area contributed by atoms with Crippen LogP contribution in [-0.4, -0.2) is 30.1 Å². The van der Waals surface area contributed by atoms with Gasteiger partial charge in [0.2, 0.25) is 0 Å². The molecule has 0 atom stereocenters. The molecule has 2 aromatic rings. The minimum absolute atomic E-state index is 0. The molecule has 0 amide bonds. The third-order valence-electron chi connectivity index (χ3n) is 6.65. The minimum atomic E-state index is -2.35. The summed E-state index contributed by atoms with van der Waals surface area (Å²) in [5, 5.41) is 0. The van der Waals surface area contributed by atoms with Gasteiger partial charge in [-0.3, -0.25) is 0 Å². The van der Waals surface area contributed by atoms with Crippen molar-refractivity contribution in [3.63, 3.8) is 0 Å². The summed E-state index contributed by atoms with van der Waals surface area (Å²) < 4.78 is 16.3. The Kier molecular flexibility index (Phi) is 14.9. The molecule has 0 aliphatic carbocycles. The molecule has 1 aromatic heterocycles. The number of aromatic nitrogens is 2. The van der Waals surface area contributed by atoms with E-state index in [1.807, 2.05) is 0 Å². The summed E-state index contributed by atoms with van der Waals surface area (Å²) in [5.74, 6) is 0.999. The van der Waals surface area contributed by atoms with E-state index in [4.69, 9.17) is 4.74 Å². The maximum absolute atomic E-state index is 5.43. The predicted octanol–water partition coefficient (Wildman–Crippen LogP) is 3.32. The van der Waals surface area contributed by atoms with Gasteiger partial charge in [-0.05, 0) is 0 Å². The molecule has 0 N–H and O–H groups in total. The molecule has 31 heavy (non-hydrogen) atoms. The number of aryl methyl sites for hydroxylation is 2. The molecule has 0 bridgehead atoms. The number of methoxy groups -OCH3 is 1. The third kappa shape index (κ3) is 9.49. The summed E-state index contributed by atoms with van der Waals surface area (Å²) in [5.41, 5.74) is 0. The summed E-state index contributed by atoms with van der Waals surface area (Å²) in [6.07, 6.45) is 17.6. The van der Waals surface area contributed by atoms with E-state index in [0.29, 0.717) is 0 Å². The second-order valence-electron chi connectivity index (χ2n) is 8.86. The molecule has 0 aliphatic heterocycles. The van der Waals surface area contributed by atoms with Crippen molar-refractivity contribution < 1.29 is 26.3 Å². The van der Waals surface area contributed by atoms with E-state index in [-0.39, 0.29) is 17.0 Å². The Morgan fingerprint density at radius 2 is 1.45 bits per heavy atom. The smallest absolute Gasteiger partial charge is 1.00 e. The first kappa shape index (κ1) is 28.5. The molecule has 1 heterocycles. The van der Waals surface area contributed by atoms with E-state index in [0.717, 1.165) is 18.8 Å². The van der Waals surface area contributed by atoms with Gasteiger partial charge in [0, 0.05) is 0 Å². The number of benzene rings is 1. The maximum Gasteiger partial charge on any atom is -1.00 e. The van der Waals surface area contributed by atoms with E-state index in [2.05, 4.69) is 72.9 Å². The Balaban J connectivity index is 0.00000480. The Labute approximate surface area is 206 Å². The summed E-state index contributed by atoms with van der Waals surface area (Å²) in [6, 6.07) is 9.27. The first-order valence-electron chi connectivity index (χ1n) is 12.4. The number of nitrogens with zero attached hydrogens (tertiary/aromatic N) is 2. The quantitative estimate of drug-likeness (QED) is 0.165. The summed E-state index contributed by atoms with van der Waals surface area (Å²) in [4.78, 5) is 0. The molecular formula is C26H45BrN2OSn. The Morgan fingerprint density at radius 3 is 2.00 bits per heavy atom. The number of rotatable bonds is 16. The van der Waals surface area contributed by atoms with Gasteiger partial charge in [0.1, 0.15) is 0 Å². The second kappa shape index (κ2) is 16.2. The van der Waals surface area contributed by atoms with Crippen molar-refractivity contribution in [3.05, 3.63) is 43.0 Å². The second-order valence-corrected chi connectivity index (χ2v) is 22.1. The van der Waals surface area contributed by atoms with Crippen LogP contribution in [0.4, 0.5) is 0 Å². The number of unbranched alkanes of at least 4 members (excludes halogenated alkanes) is 5. The summed E-state index contributed by atoms with van der Waals surface area (Å²) >= 11 is -2.35. The van der Waals surface area contributed by atoms with Crippen LogP contribution in [0, 0.1) is 0 Å². The van der Waals surface area contributed by atoms with Crippen molar-refractivity contribution >= 4 is 22.0 Å². The van der Waals surface area contributed by atoms with Crippen LogP contribution < -0.4 is 29.9 Å². The van der Waals surface area contributed by atoms with Crippen LogP contribution in [0.15, 0.2) is 43.0 Å². The monoisotopic (exact) mass is 600 g/mol. The molecule has 0 saturated heterocycles. The Bertz CT molecular complexity index is 694. The van der Waals surface area contributed by atoms with Gasteiger partial charge in [-0.15, -0.1) is 0 Å². The summed E-state index contributed by atoms with van der Waals surface area (Å²) in [7, 11) is 1.77. The Morgan fingerprint density at radius 1 is 0.839 bits per heavy atom. The average Bonchev–Trinajstić information content (AvgIpc) is 3.25. The van der Waals surface area contributed by atoms with Crippen LogP contribution in [-0.2, 0) is 13.1 Å². The van der Waals surface area contributed by atoms with Crippen molar-refractivity contribution in [1.29, 1.82) is 0 Å². The van der Waals surface area contributed by atoms with Crippen molar-refractivity contribution in [2.75, 3.05) is 7.11 Å². The van der Waals surface area contributed by atoms with E-state index in [9.17, 15) is 0 Å². The zero-order chi connectivity index (χ0) is 21.7. The molecule has 3 nitrogen and oxygen atoms in total. The van der Waals surface area contributed by atoms with Crippen LogP contribution in [0.25, 0.3) is 0 Å². The predicted molar refractivity (Wildman–Crippen MR) is 131 cm³/mol. The molecule has 0 unspecified atom stereocenters. The van der Waals surface area contributed by atoms with Gasteiger partial charge in [0.15, 0.2) is 0 Å². The topological polar surface area (TPSA) is 18.0 Å². The number of ether oxygens (including phenoxy) is 1. The van der Waals surface area contributed by atoms with Crippen LogP contribution in [0.3, 0.4) is 0 Å². The molecule has 1 aromatic carbocycles. The zero-order valence-corrected chi connectivity index (χ0v) is 24.9. The van der Waals surface area contributed by atoms with E-state index < -0.39 is 18.4 Å². The molecule has 0 fully saturated rings. The standard InChI is InChI=1S/C11H20N2.C7H7O.2C4H9.BrH.Sn/c1-3-5-6-7-8-13-10-9-12(4-2)11-13;1-8-7-5-3-2-4-6-7;2*1-3-4-2;;/h9-11H,1,3-8H2,2H3;3-6H,1H3;2*1,3-4H2,2H3;1H;/q+1;;;;;/p-1. The van der Waals surface area contributed by atoms with Gasteiger partial charge in [0.05, 0.1) is 0 Å². The van der Waals surface area contributed by atoms with E-state index in [1.54, 1.807) is 10.7 Å². The first-order chi connectivity index (χ1) is 14.7. The zero-order valence-electron chi connectivity index (χ0n) is 20.4. The van der Waals surface area contributed by atoms with Gasteiger partial charge in [-0.1, -0.05) is 0 Å². The molecule has 0 spiro atoms. The van der Waals surface area contributed by atoms with Crippen molar-refractivity contribution in [2.24, 2.45) is 0 Å². The van der Waals surface area contributed by atoms with Gasteiger partial charge in [-0.2, -0.15) is 0 Å².